The van der Waals surface area contributed by atoms with E-state index in [-0.39, 0.29) is 30.0 Å². The van der Waals surface area contributed by atoms with Crippen LogP contribution in [0, 0.1) is 6.92 Å². The van der Waals surface area contributed by atoms with Crippen LogP contribution >= 0.6 is 11.6 Å². The number of piperazine rings is 1. The van der Waals surface area contributed by atoms with Crippen LogP contribution in [0.4, 0.5) is 0 Å². The Hall–Kier alpha value is -1.15. The molecule has 6 nitrogen and oxygen atoms in total. The van der Waals surface area contributed by atoms with Gasteiger partial charge in [-0.25, -0.2) is 8.42 Å². The van der Waals surface area contributed by atoms with E-state index in [1.165, 1.54) is 10.4 Å². The molecule has 1 aromatic rings. The number of rotatable bonds is 3. The summed E-state index contributed by atoms with van der Waals surface area (Å²) < 4.78 is 32.5. The Kier molecular flexibility index (Phi) is 5.15. The topological polar surface area (TPSA) is 66.9 Å². The summed E-state index contributed by atoms with van der Waals surface area (Å²) in [4.78, 5) is 14.3. The first-order chi connectivity index (χ1) is 11.4. The predicted octanol–water partition coefficient (Wildman–Crippen LogP) is 1.66. The van der Waals surface area contributed by atoms with Crippen LogP contribution in [-0.4, -0.2) is 62.4 Å². The SMILES string of the molecule is Cc1ccc(Cl)cc1S(=O)(=O)N1CCN(C(=O)C2CCCO2)CC1. The molecule has 2 heterocycles. The molecule has 8 heteroatoms. The molecule has 0 radical (unpaired) electrons. The molecule has 1 unspecified atom stereocenters. The van der Waals surface area contributed by atoms with E-state index in [2.05, 4.69) is 0 Å². The van der Waals surface area contributed by atoms with Crippen LogP contribution in [0.2, 0.25) is 5.02 Å². The molecule has 2 saturated heterocycles. The molecular weight excluding hydrogens is 352 g/mol. The molecule has 1 amide bonds. The fourth-order valence-corrected chi connectivity index (χ4v) is 5.03. The summed E-state index contributed by atoms with van der Waals surface area (Å²) in [7, 11) is -3.60. The molecule has 1 aromatic carbocycles. The van der Waals surface area contributed by atoms with Crippen molar-refractivity contribution in [2.24, 2.45) is 0 Å². The van der Waals surface area contributed by atoms with Crippen molar-refractivity contribution in [1.29, 1.82) is 0 Å². The number of amides is 1. The third-order valence-electron chi connectivity index (χ3n) is 4.52. The third-order valence-corrected chi connectivity index (χ3v) is 6.80. The van der Waals surface area contributed by atoms with Gasteiger partial charge in [0.05, 0.1) is 4.90 Å². The van der Waals surface area contributed by atoms with E-state index in [4.69, 9.17) is 16.3 Å². The molecule has 0 aromatic heterocycles. The second kappa shape index (κ2) is 7.00. The molecule has 2 aliphatic heterocycles. The highest BCUT2D eigenvalue weighted by Gasteiger charge is 2.34. The van der Waals surface area contributed by atoms with Gasteiger partial charge in [0.15, 0.2) is 0 Å². The van der Waals surface area contributed by atoms with Crippen molar-refractivity contribution in [2.75, 3.05) is 32.8 Å². The first-order valence-electron chi connectivity index (χ1n) is 8.06. The Morgan fingerprint density at radius 1 is 1.25 bits per heavy atom. The van der Waals surface area contributed by atoms with Gasteiger partial charge in [-0.05, 0) is 37.5 Å². The number of halogens is 1. The van der Waals surface area contributed by atoms with Crippen LogP contribution < -0.4 is 0 Å². The van der Waals surface area contributed by atoms with Crippen LogP contribution in [0.25, 0.3) is 0 Å². The van der Waals surface area contributed by atoms with Gasteiger partial charge in [0, 0.05) is 37.8 Å². The average Bonchev–Trinajstić information content (AvgIpc) is 3.11. The number of nitrogens with zero attached hydrogens (tertiary/aromatic N) is 2. The number of aryl methyl sites for hydroxylation is 1. The molecule has 2 fully saturated rings. The molecule has 0 saturated carbocycles. The van der Waals surface area contributed by atoms with E-state index in [9.17, 15) is 13.2 Å². The predicted molar refractivity (Wildman–Crippen MR) is 90.5 cm³/mol. The minimum atomic E-state index is -3.60. The smallest absolute Gasteiger partial charge is 0.251 e. The van der Waals surface area contributed by atoms with E-state index in [0.717, 1.165) is 12.8 Å². The molecule has 0 bridgehead atoms. The van der Waals surface area contributed by atoms with Gasteiger partial charge >= 0.3 is 0 Å². The molecule has 2 aliphatic rings. The first kappa shape index (κ1) is 17.7. The summed E-state index contributed by atoms with van der Waals surface area (Å²) in [5.41, 5.74) is 0.664. The Labute approximate surface area is 147 Å². The van der Waals surface area contributed by atoms with Crippen molar-refractivity contribution >= 4 is 27.5 Å². The summed E-state index contributed by atoms with van der Waals surface area (Å²) in [6.07, 6.45) is 1.29. The standard InChI is InChI=1S/C16H21ClN2O4S/c1-12-4-5-13(17)11-15(12)24(21,22)19-8-6-18(7-9-19)16(20)14-3-2-10-23-14/h4-5,11,14H,2-3,6-10H2,1H3. The Morgan fingerprint density at radius 2 is 1.96 bits per heavy atom. The van der Waals surface area contributed by atoms with Gasteiger partial charge in [0.25, 0.3) is 5.91 Å². The Morgan fingerprint density at radius 3 is 2.58 bits per heavy atom. The number of hydrogen-bond acceptors (Lipinski definition) is 4. The summed E-state index contributed by atoms with van der Waals surface area (Å²) >= 11 is 5.95. The van der Waals surface area contributed by atoms with Crippen LogP contribution in [-0.2, 0) is 19.6 Å². The van der Waals surface area contributed by atoms with Crippen molar-refractivity contribution in [2.45, 2.75) is 30.8 Å². The average molecular weight is 373 g/mol. The number of benzene rings is 1. The second-order valence-electron chi connectivity index (χ2n) is 6.14. The molecular formula is C16H21ClN2O4S. The Bertz CT molecular complexity index is 724. The fraction of sp³-hybridized carbons (Fsp3) is 0.562. The first-order valence-corrected chi connectivity index (χ1v) is 9.88. The lowest BCUT2D eigenvalue weighted by molar-refractivity contribution is -0.142. The number of carbonyl (C=O) groups is 1. The van der Waals surface area contributed by atoms with Gasteiger partial charge in [-0.2, -0.15) is 4.31 Å². The fourth-order valence-electron chi connectivity index (χ4n) is 3.12. The van der Waals surface area contributed by atoms with E-state index in [1.807, 2.05) is 0 Å². The maximum absolute atomic E-state index is 12.8. The molecule has 0 spiro atoms. The lowest BCUT2D eigenvalue weighted by atomic mass is 10.2. The number of carbonyl (C=O) groups excluding carboxylic acids is 1. The molecule has 0 N–H and O–H groups in total. The normalized spacial score (nSPS) is 22.8. The molecule has 1 atom stereocenters. The highest BCUT2D eigenvalue weighted by Crippen LogP contribution is 2.25. The summed E-state index contributed by atoms with van der Waals surface area (Å²) in [6.45, 7) is 3.72. The molecule has 24 heavy (non-hydrogen) atoms. The summed E-state index contributed by atoms with van der Waals surface area (Å²) in [5, 5.41) is 0.395. The zero-order valence-electron chi connectivity index (χ0n) is 13.6. The molecule has 0 aliphatic carbocycles. The maximum Gasteiger partial charge on any atom is 0.251 e. The van der Waals surface area contributed by atoms with Gasteiger partial charge in [0.2, 0.25) is 10.0 Å². The highest BCUT2D eigenvalue weighted by molar-refractivity contribution is 7.89. The lowest BCUT2D eigenvalue weighted by Gasteiger charge is -2.35. The monoisotopic (exact) mass is 372 g/mol. The largest absolute Gasteiger partial charge is 0.368 e. The van der Waals surface area contributed by atoms with E-state index >= 15 is 0 Å². The summed E-state index contributed by atoms with van der Waals surface area (Å²) in [5.74, 6) is -0.0246. The van der Waals surface area contributed by atoms with Gasteiger partial charge in [-0.1, -0.05) is 17.7 Å². The molecule has 3 rings (SSSR count). The number of hydrogen-bond donors (Lipinski definition) is 0. The van der Waals surface area contributed by atoms with Crippen LogP contribution in [0.3, 0.4) is 0 Å². The minimum absolute atomic E-state index is 0.0246. The van der Waals surface area contributed by atoms with Gasteiger partial charge < -0.3 is 9.64 Å². The van der Waals surface area contributed by atoms with Crippen LogP contribution in [0.5, 0.6) is 0 Å². The maximum atomic E-state index is 12.8. The zero-order valence-corrected chi connectivity index (χ0v) is 15.1. The quantitative estimate of drug-likeness (QED) is 0.809. The number of ether oxygens (including phenoxy) is 1. The van der Waals surface area contributed by atoms with Gasteiger partial charge in [-0.3, -0.25) is 4.79 Å². The van der Waals surface area contributed by atoms with Crippen molar-refractivity contribution in [3.05, 3.63) is 28.8 Å². The highest BCUT2D eigenvalue weighted by atomic mass is 35.5. The zero-order chi connectivity index (χ0) is 17.3. The lowest BCUT2D eigenvalue weighted by Crippen LogP contribution is -2.52. The van der Waals surface area contributed by atoms with Crippen molar-refractivity contribution < 1.29 is 17.9 Å². The van der Waals surface area contributed by atoms with Crippen molar-refractivity contribution in [1.82, 2.24) is 9.21 Å². The van der Waals surface area contributed by atoms with Gasteiger partial charge in [0.1, 0.15) is 6.10 Å². The van der Waals surface area contributed by atoms with Crippen LogP contribution in [0.1, 0.15) is 18.4 Å². The van der Waals surface area contributed by atoms with Crippen molar-refractivity contribution in [3.8, 4) is 0 Å². The van der Waals surface area contributed by atoms with Crippen molar-refractivity contribution in [3.63, 3.8) is 0 Å². The van der Waals surface area contributed by atoms with E-state index in [1.54, 1.807) is 24.0 Å². The van der Waals surface area contributed by atoms with Gasteiger partial charge in [-0.15, -0.1) is 0 Å². The minimum Gasteiger partial charge on any atom is -0.368 e. The summed E-state index contributed by atoms with van der Waals surface area (Å²) in [6, 6.07) is 4.86. The van der Waals surface area contributed by atoms with E-state index in [0.29, 0.717) is 30.3 Å². The molecule has 132 valence electrons. The van der Waals surface area contributed by atoms with Crippen LogP contribution in [0.15, 0.2) is 23.1 Å². The third kappa shape index (κ3) is 3.44. The van der Waals surface area contributed by atoms with E-state index < -0.39 is 10.0 Å². The number of sulfonamides is 1. The Balaban J connectivity index is 1.69. The second-order valence-corrected chi connectivity index (χ2v) is 8.48.